The number of benzene rings is 2. The average molecular weight is 650 g/mol. The number of hydrogen-bond donors (Lipinski definition) is 0. The van der Waals surface area contributed by atoms with E-state index in [0.717, 1.165) is 21.9 Å². The van der Waals surface area contributed by atoms with E-state index in [9.17, 15) is 49.5 Å². The lowest BCUT2D eigenvalue weighted by Crippen LogP contribution is -2.58. The van der Waals surface area contributed by atoms with Gasteiger partial charge < -0.3 is 28.3 Å². The molecule has 2 aromatic carbocycles. The number of rotatable bonds is 6. The second kappa shape index (κ2) is 11.4. The number of amides is 2. The Kier molecular flexibility index (Phi) is 8.02. The Bertz CT molecular complexity index is 1820. The average Bonchev–Trinajstić information content (AvgIpc) is 3.59. The number of halogens is 8. The lowest BCUT2D eigenvalue weighted by atomic mass is 10.1. The zero-order valence-corrected chi connectivity index (χ0v) is 22.8. The second-order valence-electron chi connectivity index (χ2n) is 9.96. The summed E-state index contributed by atoms with van der Waals surface area (Å²) < 4.78 is 125. The zero-order chi connectivity index (χ0) is 33.0. The number of methoxy groups -OCH3 is 2. The fraction of sp³-hybridized carbons (Fsp3) is 0.346. The Morgan fingerprint density at radius 1 is 0.778 bits per heavy atom. The highest BCUT2D eigenvalue weighted by molar-refractivity contribution is 6.06. The minimum absolute atomic E-state index is 0.0664. The molecule has 2 saturated heterocycles. The maximum atomic E-state index is 14.1. The third-order valence-corrected chi connectivity index (χ3v) is 6.82. The van der Waals surface area contributed by atoms with E-state index in [1.165, 1.54) is 14.2 Å². The molecular formula is C26H18F8N4O7. The van der Waals surface area contributed by atoms with Gasteiger partial charge in [-0.3, -0.25) is 14.4 Å². The van der Waals surface area contributed by atoms with Gasteiger partial charge in [-0.15, -0.1) is 0 Å². The van der Waals surface area contributed by atoms with Crippen LogP contribution in [-0.2, 0) is 9.47 Å². The number of carbonyl (C=O) groups excluding carboxylic acids is 3. The number of ether oxygens (including phenoxy) is 2. The first-order valence-electron chi connectivity index (χ1n) is 12.5. The summed E-state index contributed by atoms with van der Waals surface area (Å²) in [5, 5.41) is 6.30. The number of carbonyl (C=O) groups is 3. The molecule has 0 atom stereocenters. The van der Waals surface area contributed by atoms with Gasteiger partial charge >= 0.3 is 0 Å². The molecule has 240 valence electrons. The first kappa shape index (κ1) is 31.8. The smallest absolute Gasteiger partial charge is 0.282 e. The number of hydrogen-bond acceptors (Lipinski definition) is 9. The summed E-state index contributed by atoms with van der Waals surface area (Å²) in [6.07, 6.45) is -1.16. The van der Waals surface area contributed by atoms with Crippen LogP contribution in [0.4, 0.5) is 35.1 Å². The van der Waals surface area contributed by atoms with Gasteiger partial charge in [-0.2, -0.15) is 8.78 Å². The number of aldehydes is 1. The molecule has 0 N–H and O–H groups in total. The van der Waals surface area contributed by atoms with E-state index < -0.39 is 102 Å². The number of nitrogens with zero attached hydrogens (tertiary/aromatic N) is 4. The lowest BCUT2D eigenvalue weighted by Gasteiger charge is -2.38. The van der Waals surface area contributed by atoms with Crippen LogP contribution in [0.3, 0.4) is 0 Å². The van der Waals surface area contributed by atoms with Crippen LogP contribution in [0.5, 0.6) is 0 Å². The Hall–Kier alpha value is -4.65. The molecule has 2 fully saturated rings. The van der Waals surface area contributed by atoms with Crippen LogP contribution in [0.2, 0.25) is 0 Å². The molecule has 19 heteroatoms. The highest BCUT2D eigenvalue weighted by Gasteiger charge is 2.48. The van der Waals surface area contributed by atoms with Gasteiger partial charge in [0.25, 0.3) is 23.7 Å². The van der Waals surface area contributed by atoms with Crippen LogP contribution in [0.25, 0.3) is 21.9 Å². The topological polar surface area (TPSA) is 128 Å². The van der Waals surface area contributed by atoms with E-state index in [1.54, 1.807) is 0 Å². The van der Waals surface area contributed by atoms with Crippen LogP contribution >= 0.6 is 0 Å². The van der Waals surface area contributed by atoms with Crippen molar-refractivity contribution in [1.82, 2.24) is 20.1 Å². The monoisotopic (exact) mass is 650 g/mol. The molecule has 0 bridgehead atoms. The van der Waals surface area contributed by atoms with Crippen molar-refractivity contribution in [3.05, 3.63) is 57.9 Å². The molecule has 0 unspecified atom stereocenters. The molecule has 0 radical (unpaired) electrons. The molecule has 0 aliphatic carbocycles. The third kappa shape index (κ3) is 5.56. The molecule has 4 heterocycles. The van der Waals surface area contributed by atoms with Crippen LogP contribution < -0.4 is 0 Å². The van der Waals surface area contributed by atoms with E-state index in [2.05, 4.69) is 19.4 Å². The second-order valence-corrected chi connectivity index (χ2v) is 9.96. The summed E-state index contributed by atoms with van der Waals surface area (Å²) in [6.45, 7) is -3.11. The van der Waals surface area contributed by atoms with Gasteiger partial charge in [-0.05, 0) is 12.1 Å². The molecule has 6 rings (SSSR count). The molecular weight excluding hydrogens is 632 g/mol. The van der Waals surface area contributed by atoms with Crippen LogP contribution in [0.15, 0.2) is 21.2 Å². The number of alkyl halides is 4. The highest BCUT2D eigenvalue weighted by Crippen LogP contribution is 2.34. The van der Waals surface area contributed by atoms with Crippen molar-refractivity contribution in [3.63, 3.8) is 0 Å². The third-order valence-electron chi connectivity index (χ3n) is 6.82. The van der Waals surface area contributed by atoms with Crippen LogP contribution in [0.1, 0.15) is 43.2 Å². The molecule has 2 amide bonds. The van der Waals surface area contributed by atoms with Crippen molar-refractivity contribution in [1.29, 1.82) is 0 Å². The van der Waals surface area contributed by atoms with Crippen molar-refractivity contribution in [2.75, 3.05) is 40.4 Å². The predicted octanol–water partition coefficient (Wildman–Crippen LogP) is 4.50. The van der Waals surface area contributed by atoms with Gasteiger partial charge in [0, 0.05) is 19.8 Å². The molecule has 45 heavy (non-hydrogen) atoms. The van der Waals surface area contributed by atoms with Gasteiger partial charge in [-0.25, -0.2) is 26.3 Å². The van der Waals surface area contributed by atoms with Crippen LogP contribution in [-0.4, -0.2) is 90.5 Å². The standard InChI is InChI=1S/C14H12F4N2O4.C12H6F4N2O3/c1-22-13(23-2)6-3-7-10(12(21)20-4-14(17,18)5-20)19-24-11(7)9(16)8(6)15;13-7-5(2-19)1-6-9(17-21-10(6)8(7)14)11(20)18-3-12(15,16)4-18/h3,13H,4-5H2,1-2H3;1-2H,3-4H2. The first-order valence-corrected chi connectivity index (χ1v) is 12.5. The molecule has 0 saturated carbocycles. The SMILES string of the molecule is COC(OC)c1cc2c(C(=O)N3CC(F)(F)C3)noc2c(F)c1F.O=Cc1cc2c(C(=O)N3CC(F)(F)C3)noc2c(F)c1F. The van der Waals surface area contributed by atoms with Gasteiger partial charge in [0.15, 0.2) is 35.6 Å². The fourth-order valence-corrected chi connectivity index (χ4v) is 4.60. The number of aromatic nitrogens is 2. The minimum atomic E-state index is -2.97. The van der Waals surface area contributed by atoms with Gasteiger partial charge in [0.05, 0.1) is 42.5 Å². The van der Waals surface area contributed by atoms with Crippen molar-refractivity contribution >= 4 is 40.0 Å². The van der Waals surface area contributed by atoms with Crippen molar-refractivity contribution in [3.8, 4) is 0 Å². The highest BCUT2D eigenvalue weighted by atomic mass is 19.3. The summed E-state index contributed by atoms with van der Waals surface area (Å²) in [7, 11) is 2.44. The van der Waals surface area contributed by atoms with Gasteiger partial charge in [-0.1, -0.05) is 10.3 Å². The van der Waals surface area contributed by atoms with Crippen LogP contribution in [0, 0.1) is 23.3 Å². The maximum Gasteiger partial charge on any atom is 0.282 e. The number of fused-ring (bicyclic) bond motifs is 2. The van der Waals surface area contributed by atoms with E-state index in [1.807, 2.05) is 0 Å². The maximum absolute atomic E-state index is 14.1. The Morgan fingerprint density at radius 2 is 1.20 bits per heavy atom. The normalized spacial score (nSPS) is 16.8. The summed E-state index contributed by atoms with van der Waals surface area (Å²) in [5.74, 6) is -13.2. The van der Waals surface area contributed by atoms with E-state index in [-0.39, 0.29) is 28.3 Å². The molecule has 0 spiro atoms. The zero-order valence-electron chi connectivity index (χ0n) is 22.8. The Balaban J connectivity index is 0.000000179. The summed E-state index contributed by atoms with van der Waals surface area (Å²) in [6, 6.07) is 1.98. The predicted molar refractivity (Wildman–Crippen MR) is 132 cm³/mol. The van der Waals surface area contributed by atoms with E-state index in [0.29, 0.717) is 0 Å². The largest absolute Gasteiger partial charge is 0.352 e. The van der Waals surface area contributed by atoms with Crippen molar-refractivity contribution in [2.24, 2.45) is 0 Å². The summed E-state index contributed by atoms with van der Waals surface area (Å²) >= 11 is 0. The van der Waals surface area contributed by atoms with E-state index >= 15 is 0 Å². The molecule has 4 aromatic rings. The lowest BCUT2D eigenvalue weighted by molar-refractivity contribution is -0.113. The fourth-order valence-electron chi connectivity index (χ4n) is 4.60. The summed E-state index contributed by atoms with van der Waals surface area (Å²) in [5.41, 5.74) is -2.98. The van der Waals surface area contributed by atoms with E-state index in [4.69, 9.17) is 9.47 Å². The Morgan fingerprint density at radius 3 is 1.60 bits per heavy atom. The van der Waals surface area contributed by atoms with Crippen molar-refractivity contribution in [2.45, 2.75) is 18.1 Å². The molecule has 2 aliphatic heterocycles. The summed E-state index contributed by atoms with van der Waals surface area (Å²) in [4.78, 5) is 36.4. The van der Waals surface area contributed by atoms with Gasteiger partial charge in [0.2, 0.25) is 22.8 Å². The Labute approximate surface area is 245 Å². The number of likely N-dealkylation sites (tertiary alicyclic amines) is 2. The van der Waals surface area contributed by atoms with Gasteiger partial charge in [0.1, 0.15) is 0 Å². The first-order chi connectivity index (χ1) is 21.1. The molecule has 11 nitrogen and oxygen atoms in total. The quantitative estimate of drug-likeness (QED) is 0.168. The minimum Gasteiger partial charge on any atom is -0.352 e. The molecule has 2 aromatic heterocycles. The molecule has 2 aliphatic rings. The van der Waals surface area contributed by atoms with Crippen molar-refractivity contribution < 1.29 is 68.0 Å².